The Labute approximate surface area is 141 Å². The van der Waals surface area contributed by atoms with Gasteiger partial charge in [0.25, 0.3) is 10.1 Å². The summed E-state index contributed by atoms with van der Waals surface area (Å²) in [6, 6.07) is 12.2. The van der Waals surface area contributed by atoms with Crippen LogP contribution in [0.3, 0.4) is 0 Å². The van der Waals surface area contributed by atoms with Crippen LogP contribution in [0.5, 0.6) is 0 Å². The molecule has 2 aromatic rings. The smallest absolute Gasteiger partial charge is 0.297 e. The quantitative estimate of drug-likeness (QED) is 0.830. The Morgan fingerprint density at radius 2 is 1.96 bits per heavy atom. The number of fused-ring (bicyclic) bond motifs is 1. The second kappa shape index (κ2) is 6.42. The van der Waals surface area contributed by atoms with Gasteiger partial charge in [-0.05, 0) is 36.8 Å². The van der Waals surface area contributed by atoms with Gasteiger partial charge in [-0.2, -0.15) is 8.42 Å². The molecule has 0 aromatic heterocycles. The van der Waals surface area contributed by atoms with E-state index >= 15 is 0 Å². The van der Waals surface area contributed by atoms with Crippen LogP contribution in [0.4, 0.5) is 0 Å². The molecule has 0 spiro atoms. The lowest BCUT2D eigenvalue weighted by atomic mass is 10.1. The van der Waals surface area contributed by atoms with Crippen LogP contribution in [-0.2, 0) is 23.8 Å². The van der Waals surface area contributed by atoms with Gasteiger partial charge in [-0.1, -0.05) is 30.3 Å². The zero-order valence-corrected chi connectivity index (χ0v) is 14.3. The number of hydrogen-bond acceptors (Lipinski definition) is 6. The summed E-state index contributed by atoms with van der Waals surface area (Å²) in [7, 11) is -3.96. The van der Waals surface area contributed by atoms with E-state index in [9.17, 15) is 13.5 Å². The number of rotatable bonds is 5. The Balaban J connectivity index is 1.69. The minimum Gasteiger partial charge on any atom is -0.388 e. The van der Waals surface area contributed by atoms with Gasteiger partial charge in [0.05, 0.1) is 18.1 Å². The molecule has 7 heteroatoms. The van der Waals surface area contributed by atoms with E-state index < -0.39 is 28.1 Å². The van der Waals surface area contributed by atoms with Crippen LogP contribution in [0.2, 0.25) is 0 Å². The molecule has 1 fully saturated rings. The number of aliphatic hydroxyl groups is 1. The molecular formula is C17H20O6S. The highest BCUT2D eigenvalue weighted by Crippen LogP contribution is 2.25. The molecular weight excluding hydrogens is 332 g/mol. The molecule has 0 radical (unpaired) electrons. The molecule has 1 N–H and O–H groups in total. The van der Waals surface area contributed by atoms with Crippen LogP contribution in [-0.4, -0.2) is 44.7 Å². The first kappa shape index (κ1) is 17.3. The van der Waals surface area contributed by atoms with Gasteiger partial charge in [-0.25, -0.2) is 0 Å². The summed E-state index contributed by atoms with van der Waals surface area (Å²) in [6.45, 7) is 3.26. The van der Waals surface area contributed by atoms with E-state index in [1.54, 1.807) is 26.0 Å². The lowest BCUT2D eigenvalue weighted by molar-refractivity contribution is -0.152. The maximum atomic E-state index is 12.3. The van der Waals surface area contributed by atoms with Gasteiger partial charge in [-0.3, -0.25) is 4.18 Å². The van der Waals surface area contributed by atoms with Crippen LogP contribution >= 0.6 is 0 Å². The Morgan fingerprint density at radius 3 is 2.62 bits per heavy atom. The van der Waals surface area contributed by atoms with E-state index in [0.717, 1.165) is 10.8 Å². The first-order valence-corrected chi connectivity index (χ1v) is 9.06. The van der Waals surface area contributed by atoms with Gasteiger partial charge in [0, 0.05) is 0 Å². The van der Waals surface area contributed by atoms with Gasteiger partial charge in [0.1, 0.15) is 12.2 Å². The third kappa shape index (κ3) is 3.76. The van der Waals surface area contributed by atoms with E-state index in [1.807, 2.05) is 24.3 Å². The normalized spacial score (nSPS) is 21.9. The zero-order valence-electron chi connectivity index (χ0n) is 13.5. The highest BCUT2D eigenvalue weighted by molar-refractivity contribution is 7.86. The van der Waals surface area contributed by atoms with Crippen molar-refractivity contribution >= 4 is 20.9 Å². The van der Waals surface area contributed by atoms with Crippen LogP contribution in [0.15, 0.2) is 47.4 Å². The summed E-state index contributed by atoms with van der Waals surface area (Å²) in [4.78, 5) is 0.0531. The van der Waals surface area contributed by atoms with E-state index in [0.29, 0.717) is 0 Å². The van der Waals surface area contributed by atoms with E-state index in [4.69, 9.17) is 13.7 Å². The second-order valence-electron chi connectivity index (χ2n) is 6.18. The summed E-state index contributed by atoms with van der Waals surface area (Å²) in [5.74, 6) is -0.789. The van der Waals surface area contributed by atoms with Crippen LogP contribution < -0.4 is 0 Å². The molecule has 1 aliphatic heterocycles. The van der Waals surface area contributed by atoms with Gasteiger partial charge >= 0.3 is 0 Å². The molecule has 1 heterocycles. The topological polar surface area (TPSA) is 82.1 Å². The molecule has 0 unspecified atom stereocenters. The van der Waals surface area contributed by atoms with E-state index in [2.05, 4.69) is 0 Å². The van der Waals surface area contributed by atoms with Crippen molar-refractivity contribution < 1.29 is 27.2 Å². The third-order valence-electron chi connectivity index (χ3n) is 3.86. The fourth-order valence-corrected chi connectivity index (χ4v) is 3.52. The molecule has 0 amide bonds. The summed E-state index contributed by atoms with van der Waals surface area (Å²) in [5, 5.41) is 11.8. The Hall–Kier alpha value is -1.51. The number of ether oxygens (including phenoxy) is 2. The summed E-state index contributed by atoms with van der Waals surface area (Å²) in [6.07, 6.45) is -1.71. The van der Waals surface area contributed by atoms with Gasteiger partial charge < -0.3 is 14.6 Å². The molecule has 1 saturated heterocycles. The third-order valence-corrected chi connectivity index (χ3v) is 5.14. The Morgan fingerprint density at radius 1 is 1.25 bits per heavy atom. The highest BCUT2D eigenvalue weighted by Gasteiger charge is 2.37. The Bertz CT molecular complexity index is 830. The van der Waals surface area contributed by atoms with Gasteiger partial charge in [-0.15, -0.1) is 0 Å². The average Bonchev–Trinajstić information content (AvgIpc) is 2.92. The first-order chi connectivity index (χ1) is 11.3. The molecule has 130 valence electrons. The molecule has 0 aliphatic carbocycles. The van der Waals surface area contributed by atoms with Crippen molar-refractivity contribution in [1.82, 2.24) is 0 Å². The van der Waals surface area contributed by atoms with Crippen molar-refractivity contribution in [3.63, 3.8) is 0 Å². The lowest BCUT2D eigenvalue weighted by Crippen LogP contribution is -2.34. The molecule has 2 atom stereocenters. The fourth-order valence-electron chi connectivity index (χ4n) is 2.56. The number of benzene rings is 2. The standard InChI is InChI=1S/C17H20O6S/c1-17(2)21-11-16(23-17)15(18)10-22-24(19,20)14-8-7-12-5-3-4-6-13(12)9-14/h3-9,15-16,18H,10-11H2,1-2H3/t15-,16-/m0/s1. The molecule has 3 rings (SSSR count). The minimum absolute atomic E-state index is 0.0531. The van der Waals surface area contributed by atoms with Crippen molar-refractivity contribution in [2.75, 3.05) is 13.2 Å². The van der Waals surface area contributed by atoms with E-state index in [1.165, 1.54) is 6.07 Å². The zero-order chi connectivity index (χ0) is 17.4. The van der Waals surface area contributed by atoms with Gasteiger partial charge in [0.2, 0.25) is 0 Å². The fraction of sp³-hybridized carbons (Fsp3) is 0.412. The molecule has 6 nitrogen and oxygen atoms in total. The average molecular weight is 352 g/mol. The second-order valence-corrected chi connectivity index (χ2v) is 7.80. The molecule has 2 aromatic carbocycles. The van der Waals surface area contributed by atoms with Crippen LogP contribution in [0.1, 0.15) is 13.8 Å². The molecule has 24 heavy (non-hydrogen) atoms. The van der Waals surface area contributed by atoms with Crippen molar-refractivity contribution in [2.24, 2.45) is 0 Å². The van der Waals surface area contributed by atoms with E-state index in [-0.39, 0.29) is 18.1 Å². The lowest BCUT2D eigenvalue weighted by Gasteiger charge is -2.20. The monoisotopic (exact) mass is 352 g/mol. The minimum atomic E-state index is -3.96. The maximum Gasteiger partial charge on any atom is 0.297 e. The van der Waals surface area contributed by atoms with Crippen molar-refractivity contribution in [3.05, 3.63) is 42.5 Å². The maximum absolute atomic E-state index is 12.3. The molecule has 0 saturated carbocycles. The summed E-state index contributed by atoms with van der Waals surface area (Å²) < 4.78 is 40.5. The van der Waals surface area contributed by atoms with Crippen molar-refractivity contribution in [3.8, 4) is 0 Å². The number of hydrogen-bond donors (Lipinski definition) is 1. The highest BCUT2D eigenvalue weighted by atomic mass is 32.2. The van der Waals surface area contributed by atoms with Crippen molar-refractivity contribution in [1.29, 1.82) is 0 Å². The SMILES string of the molecule is CC1(C)OC[C@@H]([C@@H](O)COS(=O)(=O)c2ccc3ccccc3c2)O1. The summed E-state index contributed by atoms with van der Waals surface area (Å²) >= 11 is 0. The first-order valence-electron chi connectivity index (χ1n) is 7.65. The predicted octanol–water partition coefficient (Wildman–Crippen LogP) is 2.06. The predicted molar refractivity (Wildman–Crippen MR) is 88.0 cm³/mol. The molecule has 0 bridgehead atoms. The Kier molecular flexibility index (Phi) is 4.63. The van der Waals surface area contributed by atoms with Gasteiger partial charge in [0.15, 0.2) is 5.79 Å². The van der Waals surface area contributed by atoms with Crippen LogP contribution in [0.25, 0.3) is 10.8 Å². The largest absolute Gasteiger partial charge is 0.388 e. The summed E-state index contributed by atoms with van der Waals surface area (Å²) in [5.41, 5.74) is 0. The van der Waals surface area contributed by atoms with Crippen LogP contribution in [0, 0.1) is 0 Å². The van der Waals surface area contributed by atoms with Crippen molar-refractivity contribution in [2.45, 2.75) is 36.7 Å². The number of aliphatic hydroxyl groups excluding tert-OH is 1. The molecule has 1 aliphatic rings.